The van der Waals surface area contributed by atoms with Gasteiger partial charge in [0.15, 0.2) is 5.96 Å². The minimum atomic E-state index is 0. The number of hydrogen-bond acceptors (Lipinski definition) is 5. The first kappa shape index (κ1) is 22.4. The van der Waals surface area contributed by atoms with Gasteiger partial charge in [0.2, 0.25) is 0 Å². The molecule has 0 aliphatic carbocycles. The molecule has 2 aromatic rings. The number of nitrogens with one attached hydrogen (secondary N) is 2. The third-order valence-electron chi connectivity index (χ3n) is 4.74. The van der Waals surface area contributed by atoms with Crippen LogP contribution in [0.2, 0.25) is 0 Å². The molecule has 9 heteroatoms. The van der Waals surface area contributed by atoms with Crippen LogP contribution in [0.15, 0.2) is 41.8 Å². The molecule has 0 unspecified atom stereocenters. The zero-order valence-electron chi connectivity index (χ0n) is 16.7. The second-order valence-corrected chi connectivity index (χ2v) is 6.79. The Morgan fingerprint density at radius 3 is 2.64 bits per heavy atom. The second kappa shape index (κ2) is 11.8. The van der Waals surface area contributed by atoms with Crippen molar-refractivity contribution in [3.8, 4) is 0 Å². The molecule has 3 heterocycles. The van der Waals surface area contributed by atoms with Crippen molar-refractivity contribution in [1.29, 1.82) is 0 Å². The van der Waals surface area contributed by atoms with Gasteiger partial charge in [-0.15, -0.1) is 24.0 Å². The summed E-state index contributed by atoms with van der Waals surface area (Å²) >= 11 is 0. The molecule has 0 atom stereocenters. The number of halogens is 1. The number of pyridine rings is 1. The highest BCUT2D eigenvalue weighted by Crippen LogP contribution is 2.13. The van der Waals surface area contributed by atoms with Gasteiger partial charge in [0.1, 0.15) is 5.82 Å². The lowest BCUT2D eigenvalue weighted by Gasteiger charge is -2.33. The molecule has 0 bridgehead atoms. The summed E-state index contributed by atoms with van der Waals surface area (Å²) in [6.07, 6.45) is 6.72. The lowest BCUT2D eigenvalue weighted by molar-refractivity contribution is 0.312. The minimum Gasteiger partial charge on any atom is -0.356 e. The van der Waals surface area contributed by atoms with Crippen molar-refractivity contribution in [1.82, 2.24) is 30.3 Å². The van der Waals surface area contributed by atoms with Crippen LogP contribution < -0.4 is 15.5 Å². The van der Waals surface area contributed by atoms with E-state index in [9.17, 15) is 0 Å². The van der Waals surface area contributed by atoms with E-state index >= 15 is 0 Å². The fourth-order valence-corrected chi connectivity index (χ4v) is 3.03. The van der Waals surface area contributed by atoms with E-state index in [2.05, 4.69) is 54.7 Å². The van der Waals surface area contributed by atoms with Crippen LogP contribution in [-0.4, -0.2) is 72.4 Å². The topological polar surface area (TPSA) is 73.6 Å². The number of rotatable bonds is 7. The predicted octanol–water partition coefficient (Wildman–Crippen LogP) is 1.40. The van der Waals surface area contributed by atoms with Crippen molar-refractivity contribution in [2.45, 2.75) is 19.5 Å². The Balaban J connectivity index is 0.00000280. The molecule has 1 aliphatic rings. The Hall–Kier alpha value is -1.88. The molecule has 2 N–H and O–H groups in total. The number of anilines is 1. The van der Waals surface area contributed by atoms with Gasteiger partial charge in [-0.05, 0) is 31.2 Å². The summed E-state index contributed by atoms with van der Waals surface area (Å²) in [4.78, 5) is 13.6. The Morgan fingerprint density at radius 2 is 2.00 bits per heavy atom. The molecule has 8 nitrogen and oxygen atoms in total. The van der Waals surface area contributed by atoms with Gasteiger partial charge in [-0.1, -0.05) is 6.07 Å². The fourth-order valence-electron chi connectivity index (χ4n) is 3.03. The highest BCUT2D eigenvalue weighted by atomic mass is 127. The fraction of sp³-hybridized carbons (Fsp3) is 0.526. The van der Waals surface area contributed by atoms with Crippen molar-refractivity contribution >= 4 is 35.8 Å². The average molecular weight is 498 g/mol. The highest BCUT2D eigenvalue weighted by molar-refractivity contribution is 14.0. The first-order valence-electron chi connectivity index (χ1n) is 9.55. The third kappa shape index (κ3) is 6.93. The van der Waals surface area contributed by atoms with Crippen molar-refractivity contribution in [2.24, 2.45) is 4.99 Å². The van der Waals surface area contributed by atoms with Crippen molar-refractivity contribution < 1.29 is 0 Å². The Kier molecular flexibility index (Phi) is 9.48. The molecule has 0 aromatic carbocycles. The Morgan fingerprint density at radius 1 is 1.18 bits per heavy atom. The molecule has 0 amide bonds. The molecule has 154 valence electrons. The van der Waals surface area contributed by atoms with E-state index in [0.717, 1.165) is 63.0 Å². The number of guanidine groups is 1. The van der Waals surface area contributed by atoms with E-state index in [0.29, 0.717) is 6.54 Å². The van der Waals surface area contributed by atoms with Crippen molar-refractivity contribution in [3.63, 3.8) is 0 Å². The lowest BCUT2D eigenvalue weighted by Crippen LogP contribution is -2.44. The van der Waals surface area contributed by atoms with Crippen molar-refractivity contribution in [2.75, 3.05) is 51.7 Å². The minimum absolute atomic E-state index is 0. The standard InChI is InChI=1S/C19H30N8.HI/c1-20-19(21-7-3-9-27-10-4-8-24-27)23-16-17-5-6-18(22-15-17)26-13-11-25(2)12-14-26;/h4-6,8,10,15H,3,7,9,11-14,16H2,1-2H3,(H2,20,21,23);1H. The number of nitrogens with zero attached hydrogens (tertiary/aromatic N) is 6. The van der Waals surface area contributed by atoms with Gasteiger partial charge in [0.25, 0.3) is 0 Å². The SMILES string of the molecule is CN=C(NCCCn1cccn1)NCc1ccc(N2CCN(C)CC2)nc1.I. The van der Waals surface area contributed by atoms with Crippen LogP contribution in [0.1, 0.15) is 12.0 Å². The summed E-state index contributed by atoms with van der Waals surface area (Å²) in [7, 11) is 3.95. The van der Waals surface area contributed by atoms with Crippen molar-refractivity contribution in [3.05, 3.63) is 42.4 Å². The van der Waals surface area contributed by atoms with E-state index in [1.807, 2.05) is 23.1 Å². The molecule has 1 aliphatic heterocycles. The predicted molar refractivity (Wildman–Crippen MR) is 124 cm³/mol. The van der Waals surface area contributed by atoms with Gasteiger partial charge in [0.05, 0.1) is 0 Å². The first-order valence-corrected chi connectivity index (χ1v) is 9.55. The summed E-state index contributed by atoms with van der Waals surface area (Å²) in [6.45, 7) is 6.71. The van der Waals surface area contributed by atoms with E-state index < -0.39 is 0 Å². The molecular formula is C19H31IN8. The van der Waals surface area contributed by atoms with E-state index in [4.69, 9.17) is 0 Å². The highest BCUT2D eigenvalue weighted by Gasteiger charge is 2.14. The molecule has 2 aromatic heterocycles. The molecule has 0 spiro atoms. The van der Waals surface area contributed by atoms with Crippen LogP contribution in [0.3, 0.4) is 0 Å². The molecule has 0 radical (unpaired) electrons. The van der Waals surface area contributed by atoms with Crippen LogP contribution in [-0.2, 0) is 13.1 Å². The number of hydrogen-bond donors (Lipinski definition) is 2. The smallest absolute Gasteiger partial charge is 0.191 e. The first-order chi connectivity index (χ1) is 13.2. The summed E-state index contributed by atoms with van der Waals surface area (Å²) < 4.78 is 1.94. The molecule has 28 heavy (non-hydrogen) atoms. The normalized spacial score (nSPS) is 15.2. The lowest BCUT2D eigenvalue weighted by atomic mass is 10.2. The van der Waals surface area contributed by atoms with E-state index in [1.54, 1.807) is 13.2 Å². The average Bonchev–Trinajstić information content (AvgIpc) is 3.22. The summed E-state index contributed by atoms with van der Waals surface area (Å²) in [5.74, 6) is 1.87. The van der Waals surface area contributed by atoms with Crippen LogP contribution in [0.5, 0.6) is 0 Å². The molecular weight excluding hydrogens is 467 g/mol. The van der Waals surface area contributed by atoms with Gasteiger partial charge in [-0.3, -0.25) is 9.67 Å². The maximum atomic E-state index is 4.63. The molecule has 0 saturated carbocycles. The summed E-state index contributed by atoms with van der Waals surface area (Å²) in [5, 5.41) is 10.9. The summed E-state index contributed by atoms with van der Waals surface area (Å²) in [5.41, 5.74) is 1.15. The number of likely N-dealkylation sites (N-methyl/N-ethyl adjacent to an activating group) is 1. The number of piperazine rings is 1. The van der Waals surface area contributed by atoms with Gasteiger partial charge in [-0.2, -0.15) is 5.10 Å². The quantitative estimate of drug-likeness (QED) is 0.260. The Labute approximate surface area is 184 Å². The van der Waals surface area contributed by atoms with Crippen LogP contribution in [0, 0.1) is 0 Å². The number of aryl methyl sites for hydroxylation is 1. The summed E-state index contributed by atoms with van der Waals surface area (Å²) in [6, 6.07) is 6.19. The maximum Gasteiger partial charge on any atom is 0.191 e. The zero-order valence-corrected chi connectivity index (χ0v) is 19.0. The monoisotopic (exact) mass is 498 g/mol. The second-order valence-electron chi connectivity index (χ2n) is 6.79. The molecule has 3 rings (SSSR count). The zero-order chi connectivity index (χ0) is 18.9. The number of aromatic nitrogens is 3. The molecule has 1 fully saturated rings. The number of aliphatic imine (C=N–C) groups is 1. The van der Waals surface area contributed by atoms with Gasteiger partial charge >= 0.3 is 0 Å². The van der Waals surface area contributed by atoms with Gasteiger partial charge < -0.3 is 20.4 Å². The largest absolute Gasteiger partial charge is 0.356 e. The Bertz CT molecular complexity index is 693. The maximum absolute atomic E-state index is 4.63. The third-order valence-corrected chi connectivity index (χ3v) is 4.74. The van der Waals surface area contributed by atoms with E-state index in [1.165, 1.54) is 0 Å². The molecule has 1 saturated heterocycles. The van der Waals surface area contributed by atoms with E-state index in [-0.39, 0.29) is 24.0 Å². The van der Waals surface area contributed by atoms with Crippen LogP contribution in [0.25, 0.3) is 0 Å². The van der Waals surface area contributed by atoms with Gasteiger partial charge in [-0.25, -0.2) is 4.98 Å². The van der Waals surface area contributed by atoms with Gasteiger partial charge in [0, 0.05) is 71.5 Å². The van der Waals surface area contributed by atoms with Crippen LogP contribution in [0.4, 0.5) is 5.82 Å². The van der Waals surface area contributed by atoms with Crippen LogP contribution >= 0.6 is 24.0 Å².